The van der Waals surface area contributed by atoms with Gasteiger partial charge in [0.05, 0.1) is 7.05 Å². The molecule has 0 saturated carbocycles. The van der Waals surface area contributed by atoms with Crippen LogP contribution in [0, 0.1) is 0 Å². The van der Waals surface area contributed by atoms with E-state index in [0.717, 1.165) is 5.56 Å². The number of rotatable bonds is 5. The number of aryl methyl sites for hydroxylation is 1. The lowest BCUT2D eigenvalue weighted by molar-refractivity contribution is -0.118. The average Bonchev–Trinajstić information content (AvgIpc) is 3.17. The molecule has 0 aliphatic heterocycles. The molecule has 0 bridgehead atoms. The summed E-state index contributed by atoms with van der Waals surface area (Å²) in [5, 5.41) is 14.4. The number of H-pyrrole nitrogens is 1. The number of amides is 1. The van der Waals surface area contributed by atoms with Gasteiger partial charge in [0.1, 0.15) is 5.75 Å². The lowest BCUT2D eigenvalue weighted by Gasteiger charge is -2.06. The summed E-state index contributed by atoms with van der Waals surface area (Å²) in [7, 11) is 1.70. The molecule has 0 radical (unpaired) electrons. The van der Waals surface area contributed by atoms with Crippen LogP contribution in [-0.4, -0.2) is 42.7 Å². The van der Waals surface area contributed by atoms with Crippen molar-refractivity contribution < 1.29 is 9.53 Å². The first kappa shape index (κ1) is 13.7. The van der Waals surface area contributed by atoms with Gasteiger partial charge in [0.15, 0.2) is 6.61 Å². The Balaban J connectivity index is 1.56. The Morgan fingerprint density at radius 1 is 1.36 bits per heavy atom. The molecule has 0 spiro atoms. The molecule has 0 aliphatic rings. The topological polar surface area (TPSA) is 111 Å². The molecule has 0 aliphatic carbocycles. The van der Waals surface area contributed by atoms with Crippen molar-refractivity contribution in [2.24, 2.45) is 7.05 Å². The highest BCUT2D eigenvalue weighted by atomic mass is 16.5. The summed E-state index contributed by atoms with van der Waals surface area (Å²) in [6.45, 7) is -0.108. The minimum absolute atomic E-state index is 0.108. The van der Waals surface area contributed by atoms with Gasteiger partial charge >= 0.3 is 0 Å². The van der Waals surface area contributed by atoms with Crippen molar-refractivity contribution in [3.8, 4) is 17.1 Å². The molecule has 1 amide bonds. The van der Waals surface area contributed by atoms with E-state index in [4.69, 9.17) is 4.74 Å². The van der Waals surface area contributed by atoms with Crippen molar-refractivity contribution in [2.75, 3.05) is 11.9 Å². The van der Waals surface area contributed by atoms with Gasteiger partial charge in [-0.1, -0.05) is 0 Å². The maximum atomic E-state index is 11.6. The fourth-order valence-electron chi connectivity index (χ4n) is 1.75. The second-order valence-electron chi connectivity index (χ2n) is 4.40. The molecular weight excluding hydrogens is 286 g/mol. The van der Waals surface area contributed by atoms with Gasteiger partial charge in [-0.25, -0.2) is 4.98 Å². The first-order chi connectivity index (χ1) is 10.7. The molecule has 3 rings (SSSR count). The molecule has 9 nitrogen and oxygen atoms in total. The van der Waals surface area contributed by atoms with E-state index >= 15 is 0 Å². The number of benzene rings is 1. The van der Waals surface area contributed by atoms with E-state index in [0.29, 0.717) is 17.5 Å². The Morgan fingerprint density at radius 2 is 2.18 bits per heavy atom. The molecule has 2 aromatic heterocycles. The predicted octanol–water partition coefficient (Wildman–Crippen LogP) is 0.618. The Morgan fingerprint density at radius 3 is 2.82 bits per heavy atom. The highest BCUT2D eigenvalue weighted by Gasteiger charge is 2.07. The first-order valence-corrected chi connectivity index (χ1v) is 6.47. The lowest BCUT2D eigenvalue weighted by atomic mass is 10.2. The second kappa shape index (κ2) is 6.04. The SMILES string of the molecule is Cn1nnc(-c2ccc(OCC(=O)Nc3ncc[nH]3)cc2)n1. The molecule has 22 heavy (non-hydrogen) atoms. The molecule has 2 N–H and O–H groups in total. The summed E-state index contributed by atoms with van der Waals surface area (Å²) in [6, 6.07) is 7.09. The largest absolute Gasteiger partial charge is 0.484 e. The fourth-order valence-corrected chi connectivity index (χ4v) is 1.75. The Bertz CT molecular complexity index is 749. The van der Waals surface area contributed by atoms with Crippen LogP contribution in [0.1, 0.15) is 0 Å². The standard InChI is InChI=1S/C13H13N7O2/c1-20-18-12(17-19-20)9-2-4-10(5-3-9)22-8-11(21)16-13-14-6-7-15-13/h2-7H,8H2,1H3,(H2,14,15,16,21). The summed E-state index contributed by atoms with van der Waals surface area (Å²) in [5.74, 6) is 1.19. The van der Waals surface area contributed by atoms with Crippen molar-refractivity contribution in [1.82, 2.24) is 30.2 Å². The van der Waals surface area contributed by atoms with Gasteiger partial charge in [-0.2, -0.15) is 4.80 Å². The van der Waals surface area contributed by atoms with E-state index in [1.54, 1.807) is 43.7 Å². The van der Waals surface area contributed by atoms with Crippen molar-refractivity contribution >= 4 is 11.9 Å². The van der Waals surface area contributed by atoms with Gasteiger partial charge in [-0.15, -0.1) is 10.2 Å². The van der Waals surface area contributed by atoms with Gasteiger partial charge in [0.25, 0.3) is 5.91 Å². The number of aromatic nitrogens is 6. The number of carbonyl (C=O) groups excluding carboxylic acids is 1. The third-order valence-electron chi connectivity index (χ3n) is 2.75. The molecule has 112 valence electrons. The number of hydrogen-bond acceptors (Lipinski definition) is 6. The Hall–Kier alpha value is -3.23. The smallest absolute Gasteiger partial charge is 0.264 e. The van der Waals surface area contributed by atoms with Crippen LogP contribution in [0.4, 0.5) is 5.95 Å². The number of imidazole rings is 1. The highest BCUT2D eigenvalue weighted by molar-refractivity contribution is 5.90. The molecule has 0 atom stereocenters. The van der Waals surface area contributed by atoms with Crippen LogP contribution >= 0.6 is 0 Å². The molecule has 2 heterocycles. The van der Waals surface area contributed by atoms with Crippen LogP contribution in [0.5, 0.6) is 5.75 Å². The van der Waals surface area contributed by atoms with E-state index in [1.807, 2.05) is 0 Å². The zero-order chi connectivity index (χ0) is 15.4. The molecule has 1 aromatic carbocycles. The van der Waals surface area contributed by atoms with Crippen LogP contribution in [0.2, 0.25) is 0 Å². The van der Waals surface area contributed by atoms with E-state index in [1.165, 1.54) is 4.80 Å². The van der Waals surface area contributed by atoms with Crippen LogP contribution < -0.4 is 10.1 Å². The van der Waals surface area contributed by atoms with Crippen molar-refractivity contribution in [1.29, 1.82) is 0 Å². The maximum Gasteiger partial charge on any atom is 0.264 e. The number of ether oxygens (including phenoxy) is 1. The molecular formula is C13H13N7O2. The number of nitrogens with zero attached hydrogens (tertiary/aromatic N) is 5. The minimum Gasteiger partial charge on any atom is -0.484 e. The Labute approximate surface area is 125 Å². The number of carbonyl (C=O) groups is 1. The third kappa shape index (κ3) is 3.26. The predicted molar refractivity (Wildman–Crippen MR) is 76.9 cm³/mol. The van der Waals surface area contributed by atoms with Crippen LogP contribution in [0.3, 0.4) is 0 Å². The second-order valence-corrected chi connectivity index (χ2v) is 4.40. The van der Waals surface area contributed by atoms with E-state index in [-0.39, 0.29) is 12.5 Å². The summed E-state index contributed by atoms with van der Waals surface area (Å²) < 4.78 is 5.40. The van der Waals surface area contributed by atoms with Gasteiger partial charge in [0.2, 0.25) is 11.8 Å². The lowest BCUT2D eigenvalue weighted by Crippen LogP contribution is -2.20. The number of nitrogens with one attached hydrogen (secondary N) is 2. The van der Waals surface area contributed by atoms with Gasteiger partial charge in [0, 0.05) is 18.0 Å². The minimum atomic E-state index is -0.297. The number of anilines is 1. The van der Waals surface area contributed by atoms with Gasteiger partial charge in [-0.05, 0) is 29.5 Å². The van der Waals surface area contributed by atoms with Crippen LogP contribution in [0.25, 0.3) is 11.4 Å². The zero-order valence-corrected chi connectivity index (χ0v) is 11.7. The summed E-state index contributed by atoms with van der Waals surface area (Å²) >= 11 is 0. The van der Waals surface area contributed by atoms with E-state index in [9.17, 15) is 4.79 Å². The summed E-state index contributed by atoms with van der Waals surface area (Å²) in [6.07, 6.45) is 3.17. The molecule has 3 aromatic rings. The van der Waals surface area contributed by atoms with Gasteiger partial charge < -0.3 is 9.72 Å². The van der Waals surface area contributed by atoms with Crippen LogP contribution in [0.15, 0.2) is 36.7 Å². The summed E-state index contributed by atoms with van der Waals surface area (Å²) in [4.78, 5) is 19.7. The Kier molecular flexibility index (Phi) is 3.77. The highest BCUT2D eigenvalue weighted by Crippen LogP contribution is 2.18. The average molecular weight is 299 g/mol. The molecule has 9 heteroatoms. The monoisotopic (exact) mass is 299 g/mol. The number of tetrazole rings is 1. The van der Waals surface area contributed by atoms with E-state index < -0.39 is 0 Å². The first-order valence-electron chi connectivity index (χ1n) is 6.47. The third-order valence-corrected chi connectivity index (χ3v) is 2.75. The van der Waals surface area contributed by atoms with Crippen molar-refractivity contribution in [2.45, 2.75) is 0 Å². The van der Waals surface area contributed by atoms with E-state index in [2.05, 4.69) is 30.7 Å². The van der Waals surface area contributed by atoms with Crippen molar-refractivity contribution in [3.05, 3.63) is 36.7 Å². The number of hydrogen-bond donors (Lipinski definition) is 2. The number of aromatic amines is 1. The van der Waals surface area contributed by atoms with Crippen LogP contribution in [-0.2, 0) is 11.8 Å². The van der Waals surface area contributed by atoms with Gasteiger partial charge in [-0.3, -0.25) is 10.1 Å². The quantitative estimate of drug-likeness (QED) is 0.714. The maximum absolute atomic E-state index is 11.6. The molecule has 0 saturated heterocycles. The normalized spacial score (nSPS) is 10.4. The van der Waals surface area contributed by atoms with Crippen molar-refractivity contribution in [3.63, 3.8) is 0 Å². The molecule has 0 unspecified atom stereocenters. The zero-order valence-electron chi connectivity index (χ0n) is 11.7. The molecule has 0 fully saturated rings. The fraction of sp³-hybridized carbons (Fsp3) is 0.154. The summed E-state index contributed by atoms with van der Waals surface area (Å²) in [5.41, 5.74) is 0.820.